The summed E-state index contributed by atoms with van der Waals surface area (Å²) in [6.45, 7) is 13.2. The fourth-order valence-electron chi connectivity index (χ4n) is 3.12. The van der Waals surface area contributed by atoms with E-state index in [0.29, 0.717) is 6.54 Å². The largest absolute Gasteiger partial charge is 0.444 e. The smallest absolute Gasteiger partial charge is 0.410 e. The summed E-state index contributed by atoms with van der Waals surface area (Å²) in [6.07, 6.45) is 5.50. The van der Waals surface area contributed by atoms with Crippen molar-refractivity contribution >= 4 is 17.7 Å². The number of ether oxygens (including phenoxy) is 1. The molecule has 0 saturated carbocycles. The summed E-state index contributed by atoms with van der Waals surface area (Å²) in [6, 6.07) is 0.207. The molecule has 0 aliphatic carbocycles. The van der Waals surface area contributed by atoms with E-state index >= 15 is 0 Å². The van der Waals surface area contributed by atoms with Crippen LogP contribution < -0.4 is 5.32 Å². The van der Waals surface area contributed by atoms with Crippen molar-refractivity contribution in [1.29, 1.82) is 0 Å². The van der Waals surface area contributed by atoms with Crippen LogP contribution in [0.25, 0.3) is 5.70 Å². The lowest BCUT2D eigenvalue weighted by molar-refractivity contribution is 0.0188. The van der Waals surface area contributed by atoms with Crippen molar-refractivity contribution in [2.45, 2.75) is 66.0 Å². The van der Waals surface area contributed by atoms with Crippen LogP contribution in [-0.2, 0) is 4.74 Å². The number of anilines is 1. The summed E-state index contributed by atoms with van der Waals surface area (Å²) in [5, 5.41) is 7.60. The molecule has 0 radical (unpaired) electrons. The maximum atomic E-state index is 12.3. The first kappa shape index (κ1) is 19.3. The van der Waals surface area contributed by atoms with E-state index in [1.165, 1.54) is 0 Å². The molecule has 25 heavy (non-hydrogen) atoms. The summed E-state index contributed by atoms with van der Waals surface area (Å²) in [5.41, 5.74) is 0.656. The molecule has 1 aromatic rings. The Hall–Kier alpha value is -2.05. The van der Waals surface area contributed by atoms with Crippen LogP contribution in [0.2, 0.25) is 0 Å². The molecule has 1 N–H and O–H groups in total. The molecule has 1 fully saturated rings. The number of amides is 1. The van der Waals surface area contributed by atoms with Gasteiger partial charge in [0.05, 0.1) is 0 Å². The van der Waals surface area contributed by atoms with Gasteiger partial charge in [0, 0.05) is 30.7 Å². The number of rotatable bonds is 1. The highest BCUT2D eigenvalue weighted by Crippen LogP contribution is 2.31. The summed E-state index contributed by atoms with van der Waals surface area (Å²) >= 11 is 0. The van der Waals surface area contributed by atoms with Crippen molar-refractivity contribution in [3.05, 3.63) is 12.4 Å². The van der Waals surface area contributed by atoms with E-state index in [4.69, 9.17) is 4.74 Å². The first-order valence-corrected chi connectivity index (χ1v) is 9.20. The third kappa shape index (κ3) is 4.74. The van der Waals surface area contributed by atoms with E-state index in [9.17, 15) is 4.79 Å². The SMILES string of the molecule is CC.CC1C=C(C2CCCN(C(=O)OC(C)(C)C)C2)n2ncnc2N1. The van der Waals surface area contributed by atoms with Crippen molar-refractivity contribution in [2.24, 2.45) is 5.92 Å². The molecule has 2 atom stereocenters. The number of nitrogens with zero attached hydrogens (tertiary/aromatic N) is 4. The molecule has 7 heteroatoms. The number of piperidine rings is 1. The van der Waals surface area contributed by atoms with Gasteiger partial charge in [-0.15, -0.1) is 0 Å². The van der Waals surface area contributed by atoms with Crippen molar-refractivity contribution in [3.63, 3.8) is 0 Å². The van der Waals surface area contributed by atoms with Gasteiger partial charge >= 0.3 is 6.09 Å². The number of carbonyl (C=O) groups excluding carboxylic acids is 1. The average molecular weight is 349 g/mol. The maximum absolute atomic E-state index is 12.3. The molecule has 140 valence electrons. The zero-order valence-electron chi connectivity index (χ0n) is 16.2. The molecular weight excluding hydrogens is 318 g/mol. The highest BCUT2D eigenvalue weighted by Gasteiger charge is 2.32. The van der Waals surface area contributed by atoms with Gasteiger partial charge in [-0.1, -0.05) is 13.8 Å². The summed E-state index contributed by atoms with van der Waals surface area (Å²) in [4.78, 5) is 18.4. The number of aromatic nitrogens is 3. The van der Waals surface area contributed by atoms with Crippen LogP contribution in [0, 0.1) is 5.92 Å². The second-order valence-electron chi connectivity index (χ2n) is 7.29. The van der Waals surface area contributed by atoms with Gasteiger partial charge in [-0.2, -0.15) is 10.1 Å². The molecule has 0 aromatic carbocycles. The van der Waals surface area contributed by atoms with E-state index in [1.807, 2.05) is 44.2 Å². The lowest BCUT2D eigenvalue weighted by Crippen LogP contribution is -2.44. The number of likely N-dealkylation sites (tertiary alicyclic amines) is 1. The molecule has 1 amide bonds. The van der Waals surface area contributed by atoms with Gasteiger partial charge < -0.3 is 15.0 Å². The molecule has 1 aromatic heterocycles. The molecule has 2 unspecified atom stereocenters. The Balaban J connectivity index is 0.00000109. The van der Waals surface area contributed by atoms with Crippen molar-refractivity contribution < 1.29 is 9.53 Å². The van der Waals surface area contributed by atoms with Crippen LogP contribution in [0.1, 0.15) is 54.4 Å². The van der Waals surface area contributed by atoms with Crippen LogP contribution in [-0.4, -0.2) is 50.5 Å². The predicted molar refractivity (Wildman–Crippen MR) is 99.3 cm³/mol. The summed E-state index contributed by atoms with van der Waals surface area (Å²) < 4.78 is 7.36. The van der Waals surface area contributed by atoms with E-state index in [-0.39, 0.29) is 18.1 Å². The summed E-state index contributed by atoms with van der Waals surface area (Å²) in [5.74, 6) is 1.02. The van der Waals surface area contributed by atoms with Gasteiger partial charge in [-0.05, 0) is 46.6 Å². The Morgan fingerprint density at radius 2 is 2.08 bits per heavy atom. The number of hydrogen-bond acceptors (Lipinski definition) is 5. The molecule has 2 aliphatic rings. The van der Waals surface area contributed by atoms with Gasteiger partial charge in [-0.25, -0.2) is 9.48 Å². The fraction of sp³-hybridized carbons (Fsp3) is 0.722. The number of nitrogens with one attached hydrogen (secondary N) is 1. The first-order valence-electron chi connectivity index (χ1n) is 9.20. The lowest BCUT2D eigenvalue weighted by atomic mass is 9.93. The van der Waals surface area contributed by atoms with Crippen molar-refractivity contribution in [1.82, 2.24) is 19.7 Å². The van der Waals surface area contributed by atoms with Crippen LogP contribution >= 0.6 is 0 Å². The number of hydrogen-bond donors (Lipinski definition) is 1. The zero-order chi connectivity index (χ0) is 18.6. The van der Waals surface area contributed by atoms with Crippen molar-refractivity contribution in [2.75, 3.05) is 18.4 Å². The lowest BCUT2D eigenvalue weighted by Gasteiger charge is -2.36. The van der Waals surface area contributed by atoms with Gasteiger partial charge in [0.25, 0.3) is 0 Å². The minimum atomic E-state index is -0.467. The minimum Gasteiger partial charge on any atom is -0.444 e. The Kier molecular flexibility index (Phi) is 6.08. The highest BCUT2D eigenvalue weighted by atomic mass is 16.6. The number of carbonyl (C=O) groups is 1. The molecule has 7 nitrogen and oxygen atoms in total. The van der Waals surface area contributed by atoms with E-state index in [0.717, 1.165) is 31.0 Å². The topological polar surface area (TPSA) is 72.3 Å². The minimum absolute atomic E-state index is 0.207. The van der Waals surface area contributed by atoms with Gasteiger partial charge in [-0.3, -0.25) is 0 Å². The standard InChI is InChI=1S/C16H25N5O2.C2H6/c1-11-8-13(21-14(19-11)17-10-18-21)12-6-5-7-20(9-12)15(22)23-16(2,3)4;1-2/h8,10-12H,5-7,9H2,1-4H3,(H,17,18,19);1-2H3. The molecule has 1 saturated heterocycles. The molecular formula is C18H31N5O2. The average Bonchev–Trinajstić information content (AvgIpc) is 3.02. The van der Waals surface area contributed by atoms with Crippen LogP contribution in [0.4, 0.5) is 10.7 Å². The molecule has 3 heterocycles. The van der Waals surface area contributed by atoms with E-state index in [1.54, 1.807) is 6.33 Å². The Labute approximate surface area is 150 Å². The van der Waals surface area contributed by atoms with E-state index in [2.05, 4.69) is 28.4 Å². The van der Waals surface area contributed by atoms with Gasteiger partial charge in [0.2, 0.25) is 5.95 Å². The Morgan fingerprint density at radius 1 is 1.36 bits per heavy atom. The molecule has 0 spiro atoms. The van der Waals surface area contributed by atoms with Crippen LogP contribution in [0.15, 0.2) is 12.4 Å². The van der Waals surface area contributed by atoms with Crippen molar-refractivity contribution in [3.8, 4) is 0 Å². The predicted octanol–water partition coefficient (Wildman–Crippen LogP) is 3.61. The molecule has 2 aliphatic heterocycles. The molecule has 0 bridgehead atoms. The molecule has 3 rings (SSSR count). The van der Waals surface area contributed by atoms with Crippen LogP contribution in [0.3, 0.4) is 0 Å². The third-order valence-corrected chi connectivity index (χ3v) is 4.06. The quantitative estimate of drug-likeness (QED) is 0.838. The Morgan fingerprint density at radius 3 is 2.76 bits per heavy atom. The van der Waals surface area contributed by atoms with Crippen LogP contribution in [0.5, 0.6) is 0 Å². The maximum Gasteiger partial charge on any atom is 0.410 e. The monoisotopic (exact) mass is 349 g/mol. The highest BCUT2D eigenvalue weighted by molar-refractivity contribution is 5.69. The fourth-order valence-corrected chi connectivity index (χ4v) is 3.12. The van der Waals surface area contributed by atoms with Gasteiger partial charge in [0.15, 0.2) is 0 Å². The van der Waals surface area contributed by atoms with Gasteiger partial charge in [0.1, 0.15) is 11.9 Å². The second kappa shape index (κ2) is 7.89. The third-order valence-electron chi connectivity index (χ3n) is 4.06. The number of fused-ring (bicyclic) bond motifs is 1. The zero-order valence-corrected chi connectivity index (χ0v) is 16.2. The normalized spacial score (nSPS) is 22.8. The summed E-state index contributed by atoms with van der Waals surface area (Å²) in [7, 11) is 0. The second-order valence-corrected chi connectivity index (χ2v) is 7.29. The van der Waals surface area contributed by atoms with E-state index < -0.39 is 5.60 Å². The first-order chi connectivity index (χ1) is 11.8. The Bertz CT molecular complexity index is 617.